The monoisotopic (exact) mass is 322 g/mol. The number of fused-ring (bicyclic) bond motifs is 1. The molecule has 0 radical (unpaired) electrons. The van der Waals surface area contributed by atoms with Crippen molar-refractivity contribution in [1.82, 2.24) is 9.38 Å². The molecule has 0 saturated heterocycles. The highest BCUT2D eigenvalue weighted by Gasteiger charge is 2.16. The highest BCUT2D eigenvalue weighted by molar-refractivity contribution is 5.58. The molecule has 0 unspecified atom stereocenters. The Bertz CT molecular complexity index is 880. The molecule has 0 aliphatic heterocycles. The minimum absolute atomic E-state index is 0.264. The Kier molecular flexibility index (Phi) is 4.60. The Morgan fingerprint density at radius 2 is 1.92 bits per heavy atom. The average molecular weight is 322 g/mol. The van der Waals surface area contributed by atoms with E-state index in [0.717, 1.165) is 34.2 Å². The van der Waals surface area contributed by atoms with E-state index in [-0.39, 0.29) is 5.92 Å². The summed E-state index contributed by atoms with van der Waals surface area (Å²) in [6.07, 6.45) is 1.98. The third-order valence-corrected chi connectivity index (χ3v) is 3.81. The van der Waals surface area contributed by atoms with Crippen LogP contribution in [-0.2, 0) is 0 Å². The first-order chi connectivity index (χ1) is 11.6. The van der Waals surface area contributed by atoms with E-state index in [4.69, 9.17) is 9.72 Å². The van der Waals surface area contributed by atoms with E-state index in [9.17, 15) is 0 Å². The lowest BCUT2D eigenvalue weighted by atomic mass is 10.1. The number of benzene rings is 1. The van der Waals surface area contributed by atoms with Gasteiger partial charge in [-0.15, -0.1) is 10.2 Å². The zero-order chi connectivity index (χ0) is 17.1. The molecule has 5 heteroatoms. The second kappa shape index (κ2) is 6.83. The van der Waals surface area contributed by atoms with E-state index in [1.165, 1.54) is 0 Å². The van der Waals surface area contributed by atoms with Crippen LogP contribution in [0.4, 0.5) is 11.5 Å². The number of para-hydroxylation sites is 1. The van der Waals surface area contributed by atoms with Crippen molar-refractivity contribution in [1.29, 1.82) is 0 Å². The lowest BCUT2D eigenvalue weighted by Gasteiger charge is -2.05. The molecule has 0 spiro atoms. The van der Waals surface area contributed by atoms with Crippen molar-refractivity contribution < 1.29 is 4.74 Å². The molecule has 0 atom stereocenters. The number of hydrogen-bond donors (Lipinski definition) is 0. The average Bonchev–Trinajstić information content (AvgIpc) is 2.95. The number of rotatable bonds is 5. The lowest BCUT2D eigenvalue weighted by molar-refractivity contribution is 0.341. The standard InChI is InChI=1S/C19H22N4O/c1-5-24-16-11-7-6-10-15(16)21-22-19-17(13(2)3)20-18-14(4)9-8-12-23(18)19/h6-13H,5H2,1-4H3. The topological polar surface area (TPSA) is 51.2 Å². The summed E-state index contributed by atoms with van der Waals surface area (Å²) in [7, 11) is 0. The van der Waals surface area contributed by atoms with Crippen molar-refractivity contribution in [3.63, 3.8) is 0 Å². The van der Waals surface area contributed by atoms with Gasteiger partial charge in [0.05, 0.1) is 12.3 Å². The highest BCUT2D eigenvalue weighted by Crippen LogP contribution is 2.33. The number of aryl methyl sites for hydroxylation is 1. The highest BCUT2D eigenvalue weighted by atomic mass is 16.5. The van der Waals surface area contributed by atoms with E-state index in [2.05, 4.69) is 37.1 Å². The molecule has 3 aromatic rings. The van der Waals surface area contributed by atoms with Crippen LogP contribution < -0.4 is 4.74 Å². The summed E-state index contributed by atoms with van der Waals surface area (Å²) in [5.74, 6) is 1.77. The molecule has 2 aromatic heterocycles. The maximum atomic E-state index is 5.62. The van der Waals surface area contributed by atoms with E-state index in [1.54, 1.807) is 0 Å². The fourth-order valence-corrected chi connectivity index (χ4v) is 2.61. The molecule has 24 heavy (non-hydrogen) atoms. The van der Waals surface area contributed by atoms with E-state index in [0.29, 0.717) is 6.61 Å². The van der Waals surface area contributed by atoms with Gasteiger partial charge in [-0.2, -0.15) is 0 Å². The molecule has 0 N–H and O–H groups in total. The Morgan fingerprint density at radius 1 is 1.12 bits per heavy atom. The van der Waals surface area contributed by atoms with Crippen molar-refractivity contribution in [2.75, 3.05) is 6.61 Å². The van der Waals surface area contributed by atoms with Gasteiger partial charge in [0.25, 0.3) is 0 Å². The molecule has 124 valence electrons. The minimum Gasteiger partial charge on any atom is -0.492 e. The fraction of sp³-hybridized carbons (Fsp3) is 0.316. The molecule has 2 heterocycles. The summed E-state index contributed by atoms with van der Waals surface area (Å²) in [6, 6.07) is 11.7. The van der Waals surface area contributed by atoms with Crippen LogP contribution in [0.25, 0.3) is 5.65 Å². The smallest absolute Gasteiger partial charge is 0.183 e. The molecule has 0 saturated carbocycles. The molecule has 0 amide bonds. The van der Waals surface area contributed by atoms with Gasteiger partial charge in [0.15, 0.2) is 5.82 Å². The summed E-state index contributed by atoms with van der Waals surface area (Å²) < 4.78 is 7.61. The first-order valence-electron chi connectivity index (χ1n) is 8.23. The maximum absolute atomic E-state index is 5.62. The van der Waals surface area contributed by atoms with E-state index >= 15 is 0 Å². The number of aromatic nitrogens is 2. The molecule has 1 aromatic carbocycles. The van der Waals surface area contributed by atoms with Gasteiger partial charge in [0.2, 0.25) is 0 Å². The fourth-order valence-electron chi connectivity index (χ4n) is 2.61. The number of nitrogens with zero attached hydrogens (tertiary/aromatic N) is 4. The predicted octanol–water partition coefficient (Wildman–Crippen LogP) is 5.58. The van der Waals surface area contributed by atoms with Crippen LogP contribution in [0.2, 0.25) is 0 Å². The van der Waals surface area contributed by atoms with Crippen molar-refractivity contribution >= 4 is 17.2 Å². The van der Waals surface area contributed by atoms with Crippen molar-refractivity contribution in [3.8, 4) is 5.75 Å². The third kappa shape index (κ3) is 3.02. The zero-order valence-corrected chi connectivity index (χ0v) is 14.5. The summed E-state index contributed by atoms with van der Waals surface area (Å²) in [5, 5.41) is 8.94. The van der Waals surface area contributed by atoms with Crippen LogP contribution in [0, 0.1) is 6.92 Å². The van der Waals surface area contributed by atoms with E-state index < -0.39 is 0 Å². The van der Waals surface area contributed by atoms with Crippen LogP contribution in [0.3, 0.4) is 0 Å². The second-order valence-corrected chi connectivity index (χ2v) is 5.96. The maximum Gasteiger partial charge on any atom is 0.183 e. The largest absolute Gasteiger partial charge is 0.492 e. The van der Waals surface area contributed by atoms with Crippen LogP contribution in [-0.4, -0.2) is 16.0 Å². The summed E-state index contributed by atoms with van der Waals surface area (Å²) in [4.78, 5) is 4.76. The number of imidazole rings is 1. The molecule has 5 nitrogen and oxygen atoms in total. The van der Waals surface area contributed by atoms with E-state index in [1.807, 2.05) is 47.9 Å². The Labute approximate surface area is 142 Å². The first-order valence-corrected chi connectivity index (χ1v) is 8.23. The van der Waals surface area contributed by atoms with Crippen molar-refractivity contribution in [2.45, 2.75) is 33.6 Å². The van der Waals surface area contributed by atoms with Gasteiger partial charge < -0.3 is 4.74 Å². The number of hydrogen-bond acceptors (Lipinski definition) is 4. The van der Waals surface area contributed by atoms with Crippen LogP contribution in [0.5, 0.6) is 5.75 Å². The lowest BCUT2D eigenvalue weighted by Crippen LogP contribution is -1.91. The van der Waals surface area contributed by atoms with Crippen LogP contribution in [0.15, 0.2) is 52.8 Å². The normalized spacial score (nSPS) is 11.7. The van der Waals surface area contributed by atoms with Gasteiger partial charge in [-0.3, -0.25) is 4.40 Å². The molecule has 0 aliphatic rings. The quantitative estimate of drug-likeness (QED) is 0.576. The molecular weight excluding hydrogens is 300 g/mol. The summed E-state index contributed by atoms with van der Waals surface area (Å²) in [5.41, 5.74) is 3.71. The first kappa shape index (κ1) is 16.2. The summed E-state index contributed by atoms with van der Waals surface area (Å²) >= 11 is 0. The zero-order valence-electron chi connectivity index (χ0n) is 14.5. The van der Waals surface area contributed by atoms with Crippen LogP contribution in [0.1, 0.15) is 37.9 Å². The van der Waals surface area contributed by atoms with Gasteiger partial charge in [-0.1, -0.05) is 32.0 Å². The van der Waals surface area contributed by atoms with Gasteiger partial charge >= 0.3 is 0 Å². The van der Waals surface area contributed by atoms with Gasteiger partial charge in [-0.25, -0.2) is 4.98 Å². The van der Waals surface area contributed by atoms with Gasteiger partial charge in [0, 0.05) is 6.20 Å². The molecule has 3 rings (SSSR count). The molecular formula is C19H22N4O. The SMILES string of the molecule is CCOc1ccccc1N=Nc1c(C(C)C)nc2c(C)cccn12. The Morgan fingerprint density at radius 3 is 2.67 bits per heavy atom. The Hall–Kier alpha value is -2.69. The van der Waals surface area contributed by atoms with Crippen molar-refractivity contribution in [3.05, 3.63) is 53.9 Å². The minimum atomic E-state index is 0.264. The summed E-state index contributed by atoms with van der Waals surface area (Å²) in [6.45, 7) is 8.84. The second-order valence-electron chi connectivity index (χ2n) is 5.96. The van der Waals surface area contributed by atoms with Gasteiger partial charge in [-0.05, 0) is 43.5 Å². The van der Waals surface area contributed by atoms with Crippen molar-refractivity contribution in [2.24, 2.45) is 10.2 Å². The molecule has 0 bridgehead atoms. The number of ether oxygens (including phenoxy) is 1. The third-order valence-electron chi connectivity index (χ3n) is 3.81. The van der Waals surface area contributed by atoms with Gasteiger partial charge in [0.1, 0.15) is 17.1 Å². The Balaban J connectivity index is 2.10. The van der Waals surface area contributed by atoms with Crippen LogP contribution >= 0.6 is 0 Å². The molecule has 0 fully saturated rings. The predicted molar refractivity (Wildman–Crippen MR) is 95.8 cm³/mol. The number of azo groups is 1. The number of pyridine rings is 1. The molecule has 0 aliphatic carbocycles.